The highest BCUT2D eigenvalue weighted by atomic mass is 28.4. The molecule has 0 aliphatic carbocycles. The molecule has 60 heavy (non-hydrogen) atoms. The van der Waals surface area contributed by atoms with Crippen molar-refractivity contribution in [2.75, 3.05) is 56.9 Å². The van der Waals surface area contributed by atoms with E-state index < -0.39 is 20.4 Å². The molecule has 4 rings (SSSR count). The fourth-order valence-electron chi connectivity index (χ4n) is 7.15. The van der Waals surface area contributed by atoms with Crippen LogP contribution in [0.1, 0.15) is 65.0 Å². The summed E-state index contributed by atoms with van der Waals surface area (Å²) in [6.07, 6.45) is 1.15. The molecular formula is C47H66O12Si. The Morgan fingerprint density at radius 3 is 1.32 bits per heavy atom. The number of carbonyl (C=O) groups excluding carboxylic acids is 2. The van der Waals surface area contributed by atoms with E-state index in [0.29, 0.717) is 60.2 Å². The molecule has 2 atom stereocenters. The summed E-state index contributed by atoms with van der Waals surface area (Å²) in [6, 6.07) is 28.3. The van der Waals surface area contributed by atoms with E-state index in [-0.39, 0.29) is 37.4 Å². The van der Waals surface area contributed by atoms with Crippen molar-refractivity contribution in [2.45, 2.75) is 84.0 Å². The van der Waals surface area contributed by atoms with E-state index in [4.69, 9.17) is 37.6 Å². The average Bonchev–Trinajstić information content (AvgIpc) is 3.25. The van der Waals surface area contributed by atoms with Crippen LogP contribution in [0, 0.1) is 0 Å². The molecular weight excluding hydrogens is 785 g/mol. The quantitative estimate of drug-likeness (QED) is 0.0703. The monoisotopic (exact) mass is 850 g/mol. The van der Waals surface area contributed by atoms with Gasteiger partial charge in [-0.05, 0) is 64.4 Å². The Balaban J connectivity index is 0.000000479. The van der Waals surface area contributed by atoms with E-state index >= 15 is 0 Å². The van der Waals surface area contributed by atoms with Crippen molar-refractivity contribution in [3.8, 4) is 34.5 Å². The predicted octanol–water partition coefficient (Wildman–Crippen LogP) is 7.36. The number of hydrogen-bond acceptors (Lipinski definition) is 12. The maximum Gasteiger partial charge on any atom is 0.308 e. The molecule has 4 aromatic rings. The molecule has 0 aliphatic rings. The molecule has 330 valence electrons. The van der Waals surface area contributed by atoms with Gasteiger partial charge in [-0.2, -0.15) is 0 Å². The van der Waals surface area contributed by atoms with Crippen LogP contribution in [0.15, 0.2) is 84.9 Å². The zero-order chi connectivity index (χ0) is 43.6. The van der Waals surface area contributed by atoms with Gasteiger partial charge in [-0.1, -0.05) is 101 Å². The maximum absolute atomic E-state index is 12.6. The van der Waals surface area contributed by atoms with Crippen molar-refractivity contribution >= 4 is 30.6 Å². The summed E-state index contributed by atoms with van der Waals surface area (Å²) in [5.41, 5.74) is 1.82. The lowest BCUT2D eigenvalue weighted by Gasteiger charge is -2.45. The van der Waals surface area contributed by atoms with E-state index in [0.717, 1.165) is 21.5 Å². The molecule has 0 bridgehead atoms. The second-order valence-corrected chi connectivity index (χ2v) is 18.9. The summed E-state index contributed by atoms with van der Waals surface area (Å²) < 4.78 is 49.5. The van der Waals surface area contributed by atoms with Crippen molar-refractivity contribution in [1.82, 2.24) is 0 Å². The number of aliphatic hydroxyl groups is 1. The van der Waals surface area contributed by atoms with Gasteiger partial charge in [0, 0.05) is 0 Å². The smallest absolute Gasteiger partial charge is 0.308 e. The summed E-state index contributed by atoms with van der Waals surface area (Å²) in [6.45, 7) is 6.68. The first-order chi connectivity index (χ1) is 28.3. The van der Waals surface area contributed by atoms with Gasteiger partial charge in [0.25, 0.3) is 8.32 Å². The predicted molar refractivity (Wildman–Crippen MR) is 237 cm³/mol. The van der Waals surface area contributed by atoms with Gasteiger partial charge in [0.1, 0.15) is 0 Å². The molecule has 4 aromatic carbocycles. The van der Waals surface area contributed by atoms with Crippen LogP contribution in [0.3, 0.4) is 0 Å². The fraction of sp³-hybridized carbons (Fsp3) is 0.447. The Bertz CT molecular complexity index is 1860. The van der Waals surface area contributed by atoms with Crippen molar-refractivity contribution in [3.63, 3.8) is 0 Å². The summed E-state index contributed by atoms with van der Waals surface area (Å²) in [7, 11) is 9.29. The number of rotatable bonds is 20. The first-order valence-corrected chi connectivity index (χ1v) is 21.4. The number of ether oxygens (including phenoxy) is 8. The molecule has 12 nitrogen and oxygen atoms in total. The Morgan fingerprint density at radius 1 is 0.550 bits per heavy atom. The van der Waals surface area contributed by atoms with Crippen LogP contribution in [0.25, 0.3) is 0 Å². The Morgan fingerprint density at radius 2 is 0.950 bits per heavy atom. The van der Waals surface area contributed by atoms with Crippen molar-refractivity contribution in [3.05, 3.63) is 96.1 Å². The van der Waals surface area contributed by atoms with Crippen molar-refractivity contribution < 1.29 is 57.0 Å². The van der Waals surface area contributed by atoms with E-state index in [1.165, 1.54) is 21.3 Å². The SMILES string of the molecule is C.COC(=O)CC(CCc1ccc(OC)c(OC)c1OC)O[Si](c1ccccc1)(c1ccccc1)C(C)(C)C.COC(=O)CC(O)CCc1ccc(OC)c(OC)c1OC. The van der Waals surface area contributed by atoms with E-state index in [2.05, 4.69) is 74.0 Å². The number of aryl methyl sites for hydroxylation is 2. The normalized spacial score (nSPS) is 12.0. The zero-order valence-corrected chi connectivity index (χ0v) is 37.4. The lowest BCUT2D eigenvalue weighted by molar-refractivity contribution is -0.143. The number of hydrogen-bond donors (Lipinski definition) is 1. The van der Waals surface area contributed by atoms with Gasteiger partial charge in [0.05, 0.1) is 81.9 Å². The van der Waals surface area contributed by atoms with Gasteiger partial charge in [-0.3, -0.25) is 9.59 Å². The number of benzene rings is 4. The fourth-order valence-corrected chi connectivity index (χ4v) is 11.9. The van der Waals surface area contributed by atoms with Gasteiger partial charge >= 0.3 is 11.9 Å². The topological polar surface area (TPSA) is 137 Å². The first-order valence-electron chi connectivity index (χ1n) is 19.4. The summed E-state index contributed by atoms with van der Waals surface area (Å²) >= 11 is 0. The molecule has 0 saturated carbocycles. The minimum absolute atomic E-state index is 0. The van der Waals surface area contributed by atoms with Crippen LogP contribution in [0.2, 0.25) is 5.04 Å². The largest absolute Gasteiger partial charge is 0.493 e. The molecule has 0 aromatic heterocycles. The highest BCUT2D eigenvalue weighted by Gasteiger charge is 2.51. The summed E-state index contributed by atoms with van der Waals surface area (Å²) in [5.74, 6) is 2.70. The molecule has 0 radical (unpaired) electrons. The molecule has 0 amide bonds. The summed E-state index contributed by atoms with van der Waals surface area (Å²) in [4.78, 5) is 23.7. The Kier molecular flexibility index (Phi) is 21.0. The van der Waals surface area contributed by atoms with Gasteiger partial charge in [0.2, 0.25) is 11.5 Å². The number of aliphatic hydroxyl groups excluding tert-OH is 1. The van der Waals surface area contributed by atoms with E-state index in [9.17, 15) is 14.7 Å². The van der Waals surface area contributed by atoms with Gasteiger partial charge in [-0.15, -0.1) is 0 Å². The van der Waals surface area contributed by atoms with Crippen LogP contribution >= 0.6 is 0 Å². The number of esters is 2. The van der Waals surface area contributed by atoms with Crippen LogP contribution < -0.4 is 38.8 Å². The van der Waals surface area contributed by atoms with Gasteiger partial charge in [0.15, 0.2) is 23.0 Å². The number of methoxy groups -OCH3 is 8. The molecule has 0 aliphatic heterocycles. The Hall–Kier alpha value is -5.24. The van der Waals surface area contributed by atoms with Crippen molar-refractivity contribution in [2.24, 2.45) is 0 Å². The second kappa shape index (κ2) is 24.7. The number of carbonyl (C=O) groups is 2. The maximum atomic E-state index is 12.6. The lowest BCUT2D eigenvalue weighted by atomic mass is 10.0. The molecule has 2 unspecified atom stereocenters. The van der Waals surface area contributed by atoms with E-state index in [1.807, 2.05) is 30.3 Å². The average molecular weight is 851 g/mol. The van der Waals surface area contributed by atoms with Crippen LogP contribution in [-0.4, -0.2) is 94.4 Å². The second-order valence-electron chi connectivity index (χ2n) is 14.7. The third-order valence-electron chi connectivity index (χ3n) is 10.1. The molecule has 13 heteroatoms. The van der Waals surface area contributed by atoms with Crippen LogP contribution in [0.5, 0.6) is 34.5 Å². The standard InChI is InChI=1S/C31H40O6Si.C15H22O6.CH4/c1-31(2,3)38(25-14-10-8-11-15-25,26-16-12-9-13-17-26)37-24(22-28(32)34-5)20-18-23-19-21-27(33-4)30(36-7)29(23)35-6;1-18-12-8-6-10(14(20-3)15(12)21-4)5-7-11(16)9-13(17)19-2;/h8-17,19,21,24H,18,20,22H2,1-7H3;6,8,11,16H,5,7,9H2,1-4H3;1H4. The molecule has 0 spiro atoms. The van der Waals surface area contributed by atoms with Crippen LogP contribution in [-0.2, 0) is 36.3 Å². The first kappa shape index (κ1) is 50.9. The van der Waals surface area contributed by atoms with E-state index in [1.54, 1.807) is 41.6 Å². The molecule has 0 heterocycles. The minimum atomic E-state index is -2.87. The highest BCUT2D eigenvalue weighted by Crippen LogP contribution is 2.42. The molecule has 1 N–H and O–H groups in total. The third-order valence-corrected chi connectivity index (χ3v) is 15.2. The third kappa shape index (κ3) is 12.9. The highest BCUT2D eigenvalue weighted by molar-refractivity contribution is 6.99. The molecule has 0 saturated heterocycles. The summed E-state index contributed by atoms with van der Waals surface area (Å²) in [5, 5.41) is 11.9. The minimum Gasteiger partial charge on any atom is -0.493 e. The van der Waals surface area contributed by atoms with Crippen LogP contribution in [0.4, 0.5) is 0 Å². The zero-order valence-electron chi connectivity index (χ0n) is 36.4. The Labute approximate surface area is 358 Å². The molecule has 0 fully saturated rings. The van der Waals surface area contributed by atoms with Gasteiger partial charge in [-0.25, -0.2) is 0 Å². The van der Waals surface area contributed by atoms with Crippen molar-refractivity contribution in [1.29, 1.82) is 0 Å². The van der Waals surface area contributed by atoms with Gasteiger partial charge < -0.3 is 47.4 Å². The lowest BCUT2D eigenvalue weighted by Crippen LogP contribution is -2.67.